The molecule has 1 aromatic rings. The first-order chi connectivity index (χ1) is 11.7. The zero-order chi connectivity index (χ0) is 18.4. The molecule has 7 heteroatoms. The van der Waals surface area contributed by atoms with E-state index >= 15 is 0 Å². The van der Waals surface area contributed by atoms with Crippen LogP contribution in [0.3, 0.4) is 0 Å². The number of nitrogens with zero attached hydrogens (tertiary/aromatic N) is 2. The average molecular weight is 339 g/mol. The Bertz CT molecular complexity index is 873. The summed E-state index contributed by atoms with van der Waals surface area (Å²) in [6, 6.07) is 8.01. The summed E-state index contributed by atoms with van der Waals surface area (Å²) in [6.07, 6.45) is 0.919. The maximum absolute atomic E-state index is 12.5. The number of ether oxygens (including phenoxy) is 1. The minimum absolute atomic E-state index is 0.0412. The van der Waals surface area contributed by atoms with E-state index in [1.54, 1.807) is 12.1 Å². The number of ketones is 1. The molecule has 2 N–H and O–H groups in total. The van der Waals surface area contributed by atoms with E-state index in [-0.39, 0.29) is 34.1 Å². The number of benzene rings is 1. The molecule has 1 heterocycles. The van der Waals surface area contributed by atoms with Gasteiger partial charge in [-0.2, -0.15) is 5.26 Å². The highest BCUT2D eigenvalue weighted by atomic mass is 16.6. The first-order valence-electron chi connectivity index (χ1n) is 7.82. The third kappa shape index (κ3) is 2.87. The molecule has 0 spiro atoms. The van der Waals surface area contributed by atoms with Gasteiger partial charge in [-0.05, 0) is 23.0 Å². The van der Waals surface area contributed by atoms with Crippen molar-refractivity contribution in [1.29, 1.82) is 5.26 Å². The minimum atomic E-state index is -0.530. The number of Topliss-reactive ketones (excluding diaryl/α,β-unsaturated/α-hetero) is 1. The molecule has 128 valence electrons. The summed E-state index contributed by atoms with van der Waals surface area (Å²) < 4.78 is 5.47. The van der Waals surface area contributed by atoms with Crippen molar-refractivity contribution in [3.63, 3.8) is 0 Å². The summed E-state index contributed by atoms with van der Waals surface area (Å²) in [4.78, 5) is 22.9. The lowest BCUT2D eigenvalue weighted by molar-refractivity contribution is -0.384. The van der Waals surface area contributed by atoms with E-state index in [2.05, 4.69) is 6.07 Å². The number of nitro benzene ring substituents is 1. The highest BCUT2D eigenvalue weighted by molar-refractivity contribution is 5.96. The van der Waals surface area contributed by atoms with E-state index in [9.17, 15) is 20.2 Å². The molecular formula is C18H17N3O4. The lowest BCUT2D eigenvalue weighted by Gasteiger charge is -2.37. The van der Waals surface area contributed by atoms with Gasteiger partial charge in [0.25, 0.3) is 5.69 Å². The highest BCUT2D eigenvalue weighted by Gasteiger charge is 2.42. The Morgan fingerprint density at radius 1 is 1.32 bits per heavy atom. The molecule has 0 saturated heterocycles. The van der Waals surface area contributed by atoms with Gasteiger partial charge in [0.2, 0.25) is 5.88 Å². The summed E-state index contributed by atoms with van der Waals surface area (Å²) in [7, 11) is 0. The van der Waals surface area contributed by atoms with Gasteiger partial charge in [0, 0.05) is 24.5 Å². The fourth-order valence-electron chi connectivity index (χ4n) is 3.47. The van der Waals surface area contributed by atoms with E-state index in [0.29, 0.717) is 24.0 Å². The van der Waals surface area contributed by atoms with E-state index < -0.39 is 10.8 Å². The Labute approximate surface area is 144 Å². The molecule has 2 aliphatic rings. The van der Waals surface area contributed by atoms with Crippen molar-refractivity contribution in [2.75, 3.05) is 0 Å². The molecule has 1 atom stereocenters. The quantitative estimate of drug-likeness (QED) is 0.653. The largest absolute Gasteiger partial charge is 0.437 e. The van der Waals surface area contributed by atoms with E-state index in [4.69, 9.17) is 10.5 Å². The number of nitrogens with two attached hydrogens (primary N) is 1. The van der Waals surface area contributed by atoms with Gasteiger partial charge < -0.3 is 10.5 Å². The molecule has 1 aliphatic heterocycles. The van der Waals surface area contributed by atoms with Crippen molar-refractivity contribution < 1.29 is 14.5 Å². The lowest BCUT2D eigenvalue weighted by Crippen LogP contribution is -2.33. The smallest absolute Gasteiger partial charge is 0.269 e. The molecular weight excluding hydrogens is 322 g/mol. The number of non-ortho nitro benzene ring substituents is 1. The van der Waals surface area contributed by atoms with Crippen LogP contribution in [0.25, 0.3) is 0 Å². The molecule has 0 amide bonds. The van der Waals surface area contributed by atoms with Crippen LogP contribution in [0, 0.1) is 26.9 Å². The second-order valence-electron chi connectivity index (χ2n) is 7.07. The standard InChI is InChI=1S/C18H17N3O4/c1-18(2)7-12-15(10-3-5-11(6-4-10)21(23)24)13(9-19)17(20)25-16(12)14(22)8-18/h3-6,15H,7-8,20H2,1-2H3/t15-/m1/s1. The van der Waals surface area contributed by atoms with Crippen LogP contribution in [-0.2, 0) is 9.53 Å². The van der Waals surface area contributed by atoms with Crippen molar-refractivity contribution in [1.82, 2.24) is 0 Å². The van der Waals surface area contributed by atoms with Gasteiger partial charge in [0.1, 0.15) is 11.6 Å². The van der Waals surface area contributed by atoms with Crippen LogP contribution in [0.15, 0.2) is 47.1 Å². The first kappa shape index (κ1) is 16.7. The first-order valence-corrected chi connectivity index (χ1v) is 7.82. The van der Waals surface area contributed by atoms with E-state index in [0.717, 1.165) is 0 Å². The third-order valence-corrected chi connectivity index (χ3v) is 4.53. The molecule has 0 fully saturated rings. The normalized spacial score (nSPS) is 22.1. The second kappa shape index (κ2) is 5.74. The molecule has 25 heavy (non-hydrogen) atoms. The molecule has 3 rings (SSSR count). The van der Waals surface area contributed by atoms with Crippen molar-refractivity contribution in [2.24, 2.45) is 11.1 Å². The zero-order valence-electron chi connectivity index (χ0n) is 13.9. The molecule has 1 aliphatic carbocycles. The van der Waals surface area contributed by atoms with Crippen LogP contribution in [0.1, 0.15) is 38.2 Å². The van der Waals surface area contributed by atoms with Crippen LogP contribution in [0.4, 0.5) is 5.69 Å². The lowest BCUT2D eigenvalue weighted by atomic mass is 9.69. The molecule has 0 radical (unpaired) electrons. The Morgan fingerprint density at radius 3 is 2.52 bits per heavy atom. The SMILES string of the molecule is CC1(C)CC(=O)C2=C(C1)[C@@H](c1ccc([N+](=O)[O-])cc1)C(C#N)=C(N)O2. The fourth-order valence-corrected chi connectivity index (χ4v) is 3.47. The summed E-state index contributed by atoms with van der Waals surface area (Å²) in [5.74, 6) is -0.548. The van der Waals surface area contributed by atoms with Crippen LogP contribution in [-0.4, -0.2) is 10.7 Å². The zero-order valence-corrected chi connectivity index (χ0v) is 13.9. The Kier molecular flexibility index (Phi) is 3.84. The molecule has 0 aromatic heterocycles. The molecule has 0 saturated carbocycles. The van der Waals surface area contributed by atoms with Gasteiger partial charge in [-0.1, -0.05) is 26.0 Å². The number of carbonyl (C=O) groups excluding carboxylic acids is 1. The highest BCUT2D eigenvalue weighted by Crippen LogP contribution is 2.48. The number of hydrogen-bond donors (Lipinski definition) is 1. The predicted octanol–water partition coefficient (Wildman–Crippen LogP) is 3.05. The van der Waals surface area contributed by atoms with Crippen LogP contribution in [0.2, 0.25) is 0 Å². The molecule has 0 unspecified atom stereocenters. The second-order valence-corrected chi connectivity index (χ2v) is 7.07. The van der Waals surface area contributed by atoms with Crippen LogP contribution < -0.4 is 5.73 Å². The fraction of sp³-hybridized carbons (Fsp3) is 0.333. The number of nitriles is 1. The van der Waals surface area contributed by atoms with Crippen molar-refractivity contribution in [3.8, 4) is 6.07 Å². The number of nitro groups is 1. The Morgan fingerprint density at radius 2 is 1.96 bits per heavy atom. The van der Waals surface area contributed by atoms with E-state index in [1.807, 2.05) is 13.8 Å². The van der Waals surface area contributed by atoms with Crippen LogP contribution in [0.5, 0.6) is 0 Å². The van der Waals surface area contributed by atoms with E-state index in [1.165, 1.54) is 12.1 Å². The van der Waals surface area contributed by atoms with Gasteiger partial charge in [-0.25, -0.2) is 0 Å². The number of rotatable bonds is 2. The van der Waals surface area contributed by atoms with Gasteiger partial charge >= 0.3 is 0 Å². The third-order valence-electron chi connectivity index (χ3n) is 4.53. The number of hydrogen-bond acceptors (Lipinski definition) is 6. The van der Waals surface area contributed by atoms with Crippen LogP contribution >= 0.6 is 0 Å². The molecule has 7 nitrogen and oxygen atoms in total. The topological polar surface area (TPSA) is 119 Å². The van der Waals surface area contributed by atoms with Crippen molar-refractivity contribution >= 4 is 11.5 Å². The number of carbonyl (C=O) groups is 1. The van der Waals surface area contributed by atoms with Crippen molar-refractivity contribution in [2.45, 2.75) is 32.6 Å². The minimum Gasteiger partial charge on any atom is -0.437 e. The van der Waals surface area contributed by atoms with Gasteiger partial charge in [-0.15, -0.1) is 0 Å². The summed E-state index contributed by atoms with van der Waals surface area (Å²) in [5, 5.41) is 20.4. The van der Waals surface area contributed by atoms with Gasteiger partial charge in [-0.3, -0.25) is 14.9 Å². The maximum atomic E-state index is 12.5. The monoisotopic (exact) mass is 339 g/mol. The Balaban J connectivity index is 2.15. The summed E-state index contributed by atoms with van der Waals surface area (Å²) in [5.41, 5.74) is 7.17. The van der Waals surface area contributed by atoms with Gasteiger partial charge in [0.05, 0.1) is 4.92 Å². The predicted molar refractivity (Wildman–Crippen MR) is 88.8 cm³/mol. The molecule has 0 bridgehead atoms. The average Bonchev–Trinajstić information content (AvgIpc) is 2.54. The maximum Gasteiger partial charge on any atom is 0.269 e. The summed E-state index contributed by atoms with van der Waals surface area (Å²) >= 11 is 0. The van der Waals surface area contributed by atoms with Crippen molar-refractivity contribution in [3.05, 3.63) is 62.7 Å². The number of allylic oxidation sites excluding steroid dienone is 3. The Hall–Kier alpha value is -3.14. The molecule has 1 aromatic carbocycles. The van der Waals surface area contributed by atoms with Gasteiger partial charge in [0.15, 0.2) is 11.5 Å². The summed E-state index contributed by atoms with van der Waals surface area (Å²) in [6.45, 7) is 3.96.